The van der Waals surface area contributed by atoms with Gasteiger partial charge in [0.1, 0.15) is 6.04 Å². The maximum absolute atomic E-state index is 12.6. The number of carbonyl (C=O) groups is 2. The van der Waals surface area contributed by atoms with Crippen LogP contribution < -0.4 is 10.6 Å². The van der Waals surface area contributed by atoms with Crippen LogP contribution in [-0.4, -0.2) is 48.9 Å². The maximum atomic E-state index is 12.6. The molecule has 0 aromatic heterocycles. The lowest BCUT2D eigenvalue weighted by atomic mass is 9.82. The Morgan fingerprint density at radius 1 is 1.04 bits per heavy atom. The van der Waals surface area contributed by atoms with Crippen molar-refractivity contribution in [2.45, 2.75) is 85.1 Å². The SMILES string of the molecule is CCC1CCN(CCCNC(=O)C(NC(=O)C2CCC(C)CC2)C(C)C)CC1. The lowest BCUT2D eigenvalue weighted by Gasteiger charge is -2.31. The first kappa shape index (κ1) is 23.2. The second-order valence-corrected chi connectivity index (χ2v) is 9.52. The number of likely N-dealkylation sites (tertiary alicyclic amines) is 1. The van der Waals surface area contributed by atoms with Gasteiger partial charge in [0.05, 0.1) is 0 Å². The van der Waals surface area contributed by atoms with Crippen LogP contribution in [0.25, 0.3) is 0 Å². The molecular weight excluding hydrogens is 350 g/mol. The van der Waals surface area contributed by atoms with Crippen LogP contribution in [-0.2, 0) is 9.59 Å². The van der Waals surface area contributed by atoms with E-state index < -0.39 is 6.04 Å². The fourth-order valence-electron chi connectivity index (χ4n) is 4.57. The third-order valence-electron chi connectivity index (χ3n) is 6.87. The molecule has 1 aliphatic carbocycles. The summed E-state index contributed by atoms with van der Waals surface area (Å²) in [5.41, 5.74) is 0. The van der Waals surface area contributed by atoms with Crippen LogP contribution >= 0.6 is 0 Å². The number of carbonyl (C=O) groups excluding carboxylic acids is 2. The first-order chi connectivity index (χ1) is 13.4. The standard InChI is InChI=1S/C23H43N3O2/c1-5-19-11-15-26(16-12-19)14-6-13-24-23(28)21(17(2)3)25-22(27)20-9-7-18(4)8-10-20/h17-21H,5-16H2,1-4H3,(H,24,28)(H,25,27). The van der Waals surface area contributed by atoms with E-state index in [1.165, 1.54) is 32.4 Å². The lowest BCUT2D eigenvalue weighted by Crippen LogP contribution is -2.51. The van der Waals surface area contributed by atoms with Gasteiger partial charge in [0, 0.05) is 12.5 Å². The highest BCUT2D eigenvalue weighted by atomic mass is 16.2. The van der Waals surface area contributed by atoms with Crippen LogP contribution in [0.1, 0.15) is 79.1 Å². The van der Waals surface area contributed by atoms with Gasteiger partial charge < -0.3 is 15.5 Å². The van der Waals surface area contributed by atoms with Crippen LogP contribution in [0.4, 0.5) is 0 Å². The van der Waals surface area contributed by atoms with Gasteiger partial charge in [-0.3, -0.25) is 9.59 Å². The molecule has 1 saturated heterocycles. The zero-order valence-electron chi connectivity index (χ0n) is 18.6. The second kappa shape index (κ2) is 11.8. The minimum absolute atomic E-state index is 0.0304. The molecule has 0 aromatic carbocycles. The van der Waals surface area contributed by atoms with Crippen molar-refractivity contribution in [1.29, 1.82) is 0 Å². The topological polar surface area (TPSA) is 61.4 Å². The van der Waals surface area contributed by atoms with Crippen LogP contribution in [0.15, 0.2) is 0 Å². The largest absolute Gasteiger partial charge is 0.354 e. The van der Waals surface area contributed by atoms with Gasteiger partial charge in [-0.2, -0.15) is 0 Å². The Labute approximate surface area is 172 Å². The highest BCUT2D eigenvalue weighted by Crippen LogP contribution is 2.28. The zero-order chi connectivity index (χ0) is 20.5. The van der Waals surface area contributed by atoms with E-state index in [0.717, 1.165) is 50.5 Å². The molecular formula is C23H43N3O2. The van der Waals surface area contributed by atoms with Crippen molar-refractivity contribution >= 4 is 11.8 Å². The average molecular weight is 394 g/mol. The van der Waals surface area contributed by atoms with E-state index in [0.29, 0.717) is 6.54 Å². The van der Waals surface area contributed by atoms with E-state index in [4.69, 9.17) is 0 Å². The molecule has 1 aliphatic heterocycles. The van der Waals surface area contributed by atoms with Gasteiger partial charge in [-0.1, -0.05) is 34.1 Å². The molecule has 1 atom stereocenters. The minimum atomic E-state index is -0.424. The van der Waals surface area contributed by atoms with Crippen molar-refractivity contribution in [3.63, 3.8) is 0 Å². The van der Waals surface area contributed by atoms with Gasteiger partial charge in [0.2, 0.25) is 11.8 Å². The second-order valence-electron chi connectivity index (χ2n) is 9.52. The molecule has 2 aliphatic rings. The third kappa shape index (κ3) is 7.38. The Morgan fingerprint density at radius 2 is 1.68 bits per heavy atom. The molecule has 1 heterocycles. The van der Waals surface area contributed by atoms with Crippen LogP contribution in [0.3, 0.4) is 0 Å². The summed E-state index contributed by atoms with van der Waals surface area (Å²) in [5.74, 6) is 1.84. The molecule has 1 unspecified atom stereocenters. The predicted molar refractivity (Wildman–Crippen MR) is 115 cm³/mol. The van der Waals surface area contributed by atoms with Crippen LogP contribution in [0, 0.1) is 23.7 Å². The van der Waals surface area contributed by atoms with Crippen LogP contribution in [0.5, 0.6) is 0 Å². The van der Waals surface area contributed by atoms with E-state index in [9.17, 15) is 9.59 Å². The summed E-state index contributed by atoms with van der Waals surface area (Å²) < 4.78 is 0. The number of piperidine rings is 1. The Morgan fingerprint density at radius 3 is 2.25 bits per heavy atom. The molecule has 162 valence electrons. The lowest BCUT2D eigenvalue weighted by molar-refractivity contribution is -0.132. The van der Waals surface area contributed by atoms with Gasteiger partial charge >= 0.3 is 0 Å². The van der Waals surface area contributed by atoms with Gasteiger partial charge in [-0.15, -0.1) is 0 Å². The Hall–Kier alpha value is -1.10. The fraction of sp³-hybridized carbons (Fsp3) is 0.913. The zero-order valence-corrected chi connectivity index (χ0v) is 18.6. The first-order valence-corrected chi connectivity index (χ1v) is 11.7. The Balaban J connectivity index is 1.68. The molecule has 2 rings (SSSR count). The monoisotopic (exact) mass is 393 g/mol. The van der Waals surface area contributed by atoms with E-state index in [-0.39, 0.29) is 23.7 Å². The molecule has 0 bridgehead atoms. The molecule has 2 N–H and O–H groups in total. The summed E-state index contributed by atoms with van der Waals surface area (Å²) in [6.07, 6.45) is 9.03. The van der Waals surface area contributed by atoms with Crippen molar-refractivity contribution in [2.24, 2.45) is 23.7 Å². The highest BCUT2D eigenvalue weighted by molar-refractivity contribution is 5.88. The van der Waals surface area contributed by atoms with E-state index in [2.05, 4.69) is 29.4 Å². The number of nitrogens with one attached hydrogen (secondary N) is 2. The fourth-order valence-corrected chi connectivity index (χ4v) is 4.57. The minimum Gasteiger partial charge on any atom is -0.354 e. The molecule has 5 heteroatoms. The predicted octanol–water partition coefficient (Wildman–Crippen LogP) is 3.58. The number of hydrogen-bond acceptors (Lipinski definition) is 3. The normalized spacial score (nSPS) is 25.5. The van der Waals surface area contributed by atoms with E-state index in [1.54, 1.807) is 0 Å². The third-order valence-corrected chi connectivity index (χ3v) is 6.87. The van der Waals surface area contributed by atoms with E-state index in [1.807, 2.05) is 13.8 Å². The first-order valence-electron chi connectivity index (χ1n) is 11.7. The Bertz CT molecular complexity index is 478. The summed E-state index contributed by atoms with van der Waals surface area (Å²) in [6.45, 7) is 12.7. The van der Waals surface area contributed by atoms with Crippen molar-refractivity contribution in [3.05, 3.63) is 0 Å². The van der Waals surface area contributed by atoms with Crippen molar-refractivity contribution in [3.8, 4) is 0 Å². The van der Waals surface area contributed by atoms with Gasteiger partial charge in [-0.05, 0) is 82.3 Å². The molecule has 0 aromatic rings. The highest BCUT2D eigenvalue weighted by Gasteiger charge is 2.29. The number of amides is 2. The summed E-state index contributed by atoms with van der Waals surface area (Å²) in [5, 5.41) is 6.10. The maximum Gasteiger partial charge on any atom is 0.242 e. The molecule has 28 heavy (non-hydrogen) atoms. The van der Waals surface area contributed by atoms with E-state index >= 15 is 0 Å². The molecule has 1 saturated carbocycles. The molecule has 2 amide bonds. The molecule has 0 spiro atoms. The average Bonchev–Trinajstić information content (AvgIpc) is 2.69. The summed E-state index contributed by atoms with van der Waals surface area (Å²) in [6, 6.07) is -0.424. The summed E-state index contributed by atoms with van der Waals surface area (Å²) in [7, 11) is 0. The molecule has 0 radical (unpaired) electrons. The quantitative estimate of drug-likeness (QED) is 0.589. The molecule has 5 nitrogen and oxygen atoms in total. The smallest absolute Gasteiger partial charge is 0.242 e. The van der Waals surface area contributed by atoms with Crippen LogP contribution in [0.2, 0.25) is 0 Å². The van der Waals surface area contributed by atoms with Crippen molar-refractivity contribution in [1.82, 2.24) is 15.5 Å². The number of rotatable bonds is 9. The van der Waals surface area contributed by atoms with Crippen molar-refractivity contribution < 1.29 is 9.59 Å². The van der Waals surface area contributed by atoms with Crippen molar-refractivity contribution in [2.75, 3.05) is 26.2 Å². The molecule has 2 fully saturated rings. The number of nitrogens with zero attached hydrogens (tertiary/aromatic N) is 1. The van der Waals surface area contributed by atoms with Gasteiger partial charge in [0.15, 0.2) is 0 Å². The van der Waals surface area contributed by atoms with Gasteiger partial charge in [0.25, 0.3) is 0 Å². The van der Waals surface area contributed by atoms with Gasteiger partial charge in [-0.25, -0.2) is 0 Å². The summed E-state index contributed by atoms with van der Waals surface area (Å²) in [4.78, 5) is 27.8. The number of hydrogen-bond donors (Lipinski definition) is 2. The Kier molecular flexibility index (Phi) is 9.76. The summed E-state index contributed by atoms with van der Waals surface area (Å²) >= 11 is 0.